The summed E-state index contributed by atoms with van der Waals surface area (Å²) in [6.07, 6.45) is 0. The summed E-state index contributed by atoms with van der Waals surface area (Å²) in [5.41, 5.74) is 19.9. The zero-order valence-electron chi connectivity index (χ0n) is 36.2. The summed E-state index contributed by atoms with van der Waals surface area (Å²) in [4.78, 5) is 2.49. The molecule has 0 radical (unpaired) electrons. The number of furan rings is 1. The Morgan fingerprint density at radius 3 is 1.60 bits per heavy atom. The smallest absolute Gasteiger partial charge is 0.143 e. The quantitative estimate of drug-likeness (QED) is 0.152. The van der Waals surface area contributed by atoms with Crippen molar-refractivity contribution in [2.45, 2.75) is 13.8 Å². The van der Waals surface area contributed by atoms with Crippen LogP contribution in [0.4, 0.5) is 17.1 Å². The van der Waals surface area contributed by atoms with E-state index in [4.69, 9.17) is 4.42 Å². The predicted molar refractivity (Wildman–Crippen MR) is 274 cm³/mol. The molecule has 0 N–H and O–H groups in total. The lowest BCUT2D eigenvalue weighted by molar-refractivity contribution is 0.670. The number of rotatable bonds is 8. The third-order valence-corrected chi connectivity index (χ3v) is 13.0. The lowest BCUT2D eigenvalue weighted by Gasteiger charge is -2.31. The summed E-state index contributed by atoms with van der Waals surface area (Å²) in [6.45, 7) is 4.49. The van der Waals surface area contributed by atoms with Crippen molar-refractivity contribution in [1.29, 1.82) is 0 Å². The Labute approximate surface area is 378 Å². The van der Waals surface area contributed by atoms with Crippen LogP contribution in [-0.4, -0.2) is 4.57 Å². The minimum absolute atomic E-state index is 0.859. The highest BCUT2D eigenvalue weighted by molar-refractivity contribution is 6.14. The molecule has 0 spiro atoms. The van der Waals surface area contributed by atoms with Gasteiger partial charge in [0, 0.05) is 49.6 Å². The van der Waals surface area contributed by atoms with Crippen LogP contribution in [-0.2, 0) is 0 Å². The summed E-state index contributed by atoms with van der Waals surface area (Å²) in [5.74, 6) is 0. The first-order valence-corrected chi connectivity index (χ1v) is 22.3. The number of fused-ring (bicyclic) bond motifs is 6. The lowest BCUT2D eigenvalue weighted by atomic mass is 9.92. The fourth-order valence-electron chi connectivity index (χ4n) is 10.1. The van der Waals surface area contributed by atoms with Gasteiger partial charge in [0.2, 0.25) is 0 Å². The first kappa shape index (κ1) is 38.3. The molecule has 0 aliphatic carbocycles. The van der Waals surface area contributed by atoms with Gasteiger partial charge in [-0.05, 0) is 113 Å². The van der Waals surface area contributed by atoms with E-state index in [0.29, 0.717) is 0 Å². The number of benzene rings is 10. The zero-order valence-corrected chi connectivity index (χ0v) is 36.2. The highest BCUT2D eigenvalue weighted by Gasteiger charge is 2.26. The maximum absolute atomic E-state index is 6.97. The SMILES string of the molecule is Cc1cc(N(c2cc(-c3ccccc3-n3c4ccccc4c4ccccc43)c3oc4ccccc4c3c2)c2c(C)cc(-c3ccccc3)cc2-c2ccccc2)ccc1-c1ccccc1. The van der Waals surface area contributed by atoms with E-state index in [9.17, 15) is 0 Å². The number of hydrogen-bond donors (Lipinski definition) is 0. The van der Waals surface area contributed by atoms with Crippen molar-refractivity contribution < 1.29 is 4.42 Å². The largest absolute Gasteiger partial charge is 0.455 e. The molecule has 0 amide bonds. The van der Waals surface area contributed by atoms with Crippen molar-refractivity contribution in [1.82, 2.24) is 4.57 Å². The number of aromatic nitrogens is 1. The van der Waals surface area contributed by atoms with Gasteiger partial charge >= 0.3 is 0 Å². The van der Waals surface area contributed by atoms with E-state index >= 15 is 0 Å². The van der Waals surface area contributed by atoms with Crippen molar-refractivity contribution in [2.24, 2.45) is 0 Å². The highest BCUT2D eigenvalue weighted by Crippen LogP contribution is 2.49. The van der Waals surface area contributed by atoms with Gasteiger partial charge in [-0.1, -0.05) is 170 Å². The van der Waals surface area contributed by atoms with Crippen molar-refractivity contribution in [3.8, 4) is 50.2 Å². The summed E-state index contributed by atoms with van der Waals surface area (Å²) in [6, 6.07) is 83.3. The second kappa shape index (κ2) is 15.7. The van der Waals surface area contributed by atoms with Crippen molar-refractivity contribution >= 4 is 60.8 Å². The van der Waals surface area contributed by atoms with E-state index in [2.05, 4.69) is 254 Å². The molecule has 308 valence electrons. The lowest BCUT2D eigenvalue weighted by Crippen LogP contribution is -2.14. The van der Waals surface area contributed by atoms with E-state index in [0.717, 1.165) is 78.0 Å². The monoisotopic (exact) mass is 832 g/mol. The molecule has 2 heterocycles. The molecule has 0 aliphatic rings. The molecule has 0 saturated heterocycles. The van der Waals surface area contributed by atoms with Gasteiger partial charge in [0.15, 0.2) is 0 Å². The number of para-hydroxylation sites is 4. The minimum Gasteiger partial charge on any atom is -0.455 e. The van der Waals surface area contributed by atoms with Crippen LogP contribution in [0.2, 0.25) is 0 Å². The average molecular weight is 833 g/mol. The van der Waals surface area contributed by atoms with Gasteiger partial charge in [-0.15, -0.1) is 0 Å². The van der Waals surface area contributed by atoms with E-state index < -0.39 is 0 Å². The molecule has 0 bridgehead atoms. The Morgan fingerprint density at radius 2 is 0.923 bits per heavy atom. The second-order valence-electron chi connectivity index (χ2n) is 17.0. The number of aryl methyl sites for hydroxylation is 2. The Kier molecular flexibility index (Phi) is 9.28. The summed E-state index contributed by atoms with van der Waals surface area (Å²) in [7, 11) is 0. The first-order valence-electron chi connectivity index (χ1n) is 22.3. The number of hydrogen-bond acceptors (Lipinski definition) is 2. The first-order chi connectivity index (χ1) is 32.1. The van der Waals surface area contributed by atoms with Crippen molar-refractivity contribution in [3.05, 3.63) is 242 Å². The standard InChI is InChI=1S/C62H44N2O/c1-41-37-47(34-35-49(41)44-22-8-4-9-23-44)63(61-42(2)36-46(43-20-6-3-7-21-43)38-54(61)45-24-10-5-11-25-45)48-39-55(62-56(40-48)53-29-15-19-33-60(53)65-62)52-28-14-18-32-59(52)64-57-30-16-12-26-50(57)51-27-13-17-31-58(51)64/h3-40H,1-2H3. The van der Waals surface area contributed by atoms with E-state index in [1.807, 2.05) is 0 Å². The molecule has 0 saturated carbocycles. The summed E-state index contributed by atoms with van der Waals surface area (Å²) in [5, 5.41) is 4.59. The van der Waals surface area contributed by atoms with Crippen LogP contribution in [0.3, 0.4) is 0 Å². The molecule has 0 unspecified atom stereocenters. The van der Waals surface area contributed by atoms with Gasteiger partial charge < -0.3 is 13.9 Å². The van der Waals surface area contributed by atoms with E-state index in [1.165, 1.54) is 44.2 Å². The molecule has 0 fully saturated rings. The second-order valence-corrected chi connectivity index (χ2v) is 17.0. The molecule has 0 atom stereocenters. The Bertz CT molecular complexity index is 3680. The summed E-state index contributed by atoms with van der Waals surface area (Å²) < 4.78 is 9.39. The van der Waals surface area contributed by atoms with Crippen LogP contribution in [0.15, 0.2) is 235 Å². The predicted octanol–water partition coefficient (Wildman–Crippen LogP) is 17.4. The van der Waals surface area contributed by atoms with Gasteiger partial charge in [-0.3, -0.25) is 0 Å². The summed E-state index contributed by atoms with van der Waals surface area (Å²) >= 11 is 0. The van der Waals surface area contributed by atoms with E-state index in [1.54, 1.807) is 0 Å². The van der Waals surface area contributed by atoms with Crippen molar-refractivity contribution in [2.75, 3.05) is 4.90 Å². The van der Waals surface area contributed by atoms with Crippen LogP contribution in [0, 0.1) is 13.8 Å². The van der Waals surface area contributed by atoms with Gasteiger partial charge in [0.1, 0.15) is 11.2 Å². The molecule has 10 aromatic carbocycles. The van der Waals surface area contributed by atoms with Crippen LogP contribution in [0.1, 0.15) is 11.1 Å². The van der Waals surface area contributed by atoms with E-state index in [-0.39, 0.29) is 0 Å². The molecule has 3 heteroatoms. The maximum atomic E-state index is 6.97. The zero-order chi connectivity index (χ0) is 43.4. The fourth-order valence-corrected chi connectivity index (χ4v) is 10.1. The maximum Gasteiger partial charge on any atom is 0.143 e. The van der Waals surface area contributed by atoms with Crippen molar-refractivity contribution in [3.63, 3.8) is 0 Å². The molecule has 65 heavy (non-hydrogen) atoms. The normalized spacial score (nSPS) is 11.5. The molecule has 12 rings (SSSR count). The van der Waals surface area contributed by atoms with Crippen LogP contribution < -0.4 is 4.90 Å². The van der Waals surface area contributed by atoms with Crippen LogP contribution >= 0.6 is 0 Å². The number of nitrogens with zero attached hydrogens (tertiary/aromatic N) is 2. The molecule has 0 aliphatic heterocycles. The number of anilines is 3. The average Bonchev–Trinajstić information content (AvgIpc) is 3.91. The van der Waals surface area contributed by atoms with Crippen LogP contribution in [0.5, 0.6) is 0 Å². The molecular weight excluding hydrogens is 789 g/mol. The Morgan fingerprint density at radius 1 is 0.354 bits per heavy atom. The third kappa shape index (κ3) is 6.51. The molecule has 2 aromatic heterocycles. The van der Waals surface area contributed by atoms with Gasteiger partial charge in [0.25, 0.3) is 0 Å². The minimum atomic E-state index is 0.859. The molecule has 12 aromatic rings. The fraction of sp³-hybridized carbons (Fsp3) is 0.0323. The van der Waals surface area contributed by atoms with Gasteiger partial charge in [0.05, 0.1) is 22.4 Å². The Hall–Kier alpha value is -8.40. The van der Waals surface area contributed by atoms with Gasteiger partial charge in [-0.25, -0.2) is 0 Å². The third-order valence-electron chi connectivity index (χ3n) is 13.0. The molecule has 3 nitrogen and oxygen atoms in total. The Balaban J connectivity index is 1.18. The van der Waals surface area contributed by atoms with Crippen LogP contribution in [0.25, 0.3) is 93.9 Å². The van der Waals surface area contributed by atoms with Gasteiger partial charge in [-0.2, -0.15) is 0 Å². The highest BCUT2D eigenvalue weighted by atomic mass is 16.3. The topological polar surface area (TPSA) is 21.3 Å². The molecular formula is C62H44N2O.